The van der Waals surface area contributed by atoms with Gasteiger partial charge in [0.15, 0.2) is 23.5 Å². The number of aliphatic hydroxyl groups is 1. The Morgan fingerprint density at radius 3 is 2.36 bits per heavy atom. The van der Waals surface area contributed by atoms with Crippen LogP contribution in [0.15, 0.2) is 42.7 Å². The van der Waals surface area contributed by atoms with E-state index in [9.17, 15) is 19.5 Å². The van der Waals surface area contributed by atoms with Gasteiger partial charge in [0.2, 0.25) is 0 Å². The Morgan fingerprint density at radius 2 is 1.70 bits per heavy atom. The van der Waals surface area contributed by atoms with E-state index in [1.54, 1.807) is 34.6 Å². The SMILES string of the molecule is COCCCn1ncc(-c2ccc(-c3cnc(C(=O)Nc4ccc(C(=O)N5CCN(C(=O)[C@@H]6C[C@@H](O)C[N+]6(C)C)CC5)c(Cl)c4)n3C)c(F)c2F)c1C. The summed E-state index contributed by atoms with van der Waals surface area (Å²) in [4.78, 5) is 47.4. The summed E-state index contributed by atoms with van der Waals surface area (Å²) in [5.74, 6) is -3.12. The number of nitrogens with zero attached hydrogens (tertiary/aromatic N) is 7. The van der Waals surface area contributed by atoms with Crippen molar-refractivity contribution in [1.29, 1.82) is 0 Å². The van der Waals surface area contributed by atoms with Gasteiger partial charge in [-0.1, -0.05) is 17.7 Å². The Morgan fingerprint density at radius 1 is 1.02 bits per heavy atom. The van der Waals surface area contributed by atoms with Gasteiger partial charge in [0, 0.05) is 88.0 Å². The summed E-state index contributed by atoms with van der Waals surface area (Å²) in [5, 5.41) is 17.3. The van der Waals surface area contributed by atoms with Gasteiger partial charge in [-0.3, -0.25) is 19.1 Å². The smallest absolute Gasteiger partial charge is 0.291 e. The zero-order valence-corrected chi connectivity index (χ0v) is 31.2. The summed E-state index contributed by atoms with van der Waals surface area (Å²) in [6, 6.07) is 7.13. The third-order valence-corrected chi connectivity index (χ3v) is 10.6. The van der Waals surface area contributed by atoms with Crippen LogP contribution in [0.5, 0.6) is 0 Å². The molecule has 282 valence electrons. The van der Waals surface area contributed by atoms with Gasteiger partial charge in [-0.2, -0.15) is 5.10 Å². The number of hydrogen-bond donors (Lipinski definition) is 2. The summed E-state index contributed by atoms with van der Waals surface area (Å²) in [5.41, 5.74) is 1.91. The van der Waals surface area contributed by atoms with Crippen molar-refractivity contribution in [3.8, 4) is 22.4 Å². The van der Waals surface area contributed by atoms with Crippen LogP contribution in [0.25, 0.3) is 22.4 Å². The molecule has 2 aliphatic rings. The first kappa shape index (κ1) is 38.0. The number of ether oxygens (including phenoxy) is 1. The zero-order chi connectivity index (χ0) is 38.2. The van der Waals surface area contributed by atoms with Crippen molar-refractivity contribution in [3.05, 3.63) is 76.5 Å². The Bertz CT molecular complexity index is 2040. The number of carbonyl (C=O) groups excluding carboxylic acids is 3. The molecule has 2 saturated heterocycles. The molecule has 2 atom stereocenters. The number of piperazine rings is 1. The van der Waals surface area contributed by atoms with E-state index in [-0.39, 0.29) is 51.1 Å². The van der Waals surface area contributed by atoms with Crippen LogP contribution in [0.3, 0.4) is 0 Å². The van der Waals surface area contributed by atoms with Crippen LogP contribution in [0.1, 0.15) is 39.5 Å². The molecule has 0 radical (unpaired) electrons. The summed E-state index contributed by atoms with van der Waals surface area (Å²) in [6.07, 6.45) is 3.43. The first-order valence-electron chi connectivity index (χ1n) is 17.4. The van der Waals surface area contributed by atoms with Crippen molar-refractivity contribution in [2.45, 2.75) is 38.5 Å². The van der Waals surface area contributed by atoms with E-state index < -0.39 is 23.6 Å². The van der Waals surface area contributed by atoms with Crippen LogP contribution in [-0.2, 0) is 23.1 Å². The number of anilines is 1. The molecule has 0 saturated carbocycles. The van der Waals surface area contributed by atoms with Gasteiger partial charge in [-0.05, 0) is 37.6 Å². The molecule has 2 aromatic heterocycles. The third-order valence-electron chi connectivity index (χ3n) is 10.3. The van der Waals surface area contributed by atoms with E-state index in [4.69, 9.17) is 16.3 Å². The number of quaternary nitrogens is 1. The average molecular weight is 754 g/mol. The highest BCUT2D eigenvalue weighted by Crippen LogP contribution is 2.33. The molecule has 2 fully saturated rings. The fourth-order valence-electron chi connectivity index (χ4n) is 7.27. The van der Waals surface area contributed by atoms with Gasteiger partial charge in [-0.25, -0.2) is 13.8 Å². The second-order valence-corrected chi connectivity index (χ2v) is 14.6. The normalized spacial score (nSPS) is 18.4. The number of halogens is 3. The summed E-state index contributed by atoms with van der Waals surface area (Å²) < 4.78 is 39.7. The molecule has 0 unspecified atom stereocenters. The first-order chi connectivity index (χ1) is 25.2. The van der Waals surface area contributed by atoms with Crippen LogP contribution in [-0.4, -0.2) is 129 Å². The minimum absolute atomic E-state index is 0.0177. The maximum absolute atomic E-state index is 15.6. The molecule has 16 heteroatoms. The average Bonchev–Trinajstić information content (AvgIpc) is 3.78. The van der Waals surface area contributed by atoms with Crippen molar-refractivity contribution in [2.24, 2.45) is 7.05 Å². The van der Waals surface area contributed by atoms with Gasteiger partial charge >= 0.3 is 0 Å². The molecule has 2 aliphatic heterocycles. The lowest BCUT2D eigenvalue weighted by molar-refractivity contribution is -0.894. The molecule has 4 heterocycles. The molecule has 0 bridgehead atoms. The summed E-state index contributed by atoms with van der Waals surface area (Å²) >= 11 is 6.53. The van der Waals surface area contributed by atoms with Crippen LogP contribution in [0, 0.1) is 18.6 Å². The van der Waals surface area contributed by atoms with E-state index in [2.05, 4.69) is 15.4 Å². The molecule has 53 heavy (non-hydrogen) atoms. The molecule has 0 aliphatic carbocycles. The van der Waals surface area contributed by atoms with E-state index in [1.807, 2.05) is 14.1 Å². The number of hydrogen-bond acceptors (Lipinski definition) is 7. The van der Waals surface area contributed by atoms with E-state index in [0.717, 1.165) is 6.42 Å². The number of benzene rings is 2. The predicted molar refractivity (Wildman–Crippen MR) is 194 cm³/mol. The maximum atomic E-state index is 15.6. The standard InChI is InChI=1S/C37H43ClF2N8O5/c1-22-28(19-42-47(22)11-6-16-53-5)25-9-10-27(33(40)32(25)39)30-20-41-34(44(30)2)35(50)43-23-7-8-26(29(38)17-23)36(51)45-12-14-46(15-13-45)37(52)31-18-24(49)21-48(31,3)4/h7-10,17,19-20,24,31,49H,6,11-16,18,21H2,1-5H3/p+1/t24-,31+/m1/s1. The van der Waals surface area contributed by atoms with Crippen LogP contribution in [0.4, 0.5) is 14.5 Å². The van der Waals surface area contributed by atoms with Crippen LogP contribution in [0.2, 0.25) is 5.02 Å². The molecule has 13 nitrogen and oxygen atoms in total. The molecule has 2 aromatic carbocycles. The van der Waals surface area contributed by atoms with Gasteiger partial charge < -0.3 is 34.0 Å². The highest BCUT2D eigenvalue weighted by Gasteiger charge is 2.46. The Balaban J connectivity index is 1.10. The number of amides is 3. The monoisotopic (exact) mass is 753 g/mol. The Labute approximate surface area is 311 Å². The quantitative estimate of drug-likeness (QED) is 0.185. The summed E-state index contributed by atoms with van der Waals surface area (Å²) in [7, 11) is 7.01. The number of aromatic nitrogens is 4. The Kier molecular flexibility index (Phi) is 11.0. The number of rotatable bonds is 10. The molecule has 4 aromatic rings. The van der Waals surface area contributed by atoms with Crippen molar-refractivity contribution in [1.82, 2.24) is 29.1 Å². The van der Waals surface area contributed by atoms with Crippen molar-refractivity contribution in [2.75, 3.05) is 65.9 Å². The maximum Gasteiger partial charge on any atom is 0.291 e. The highest BCUT2D eigenvalue weighted by molar-refractivity contribution is 6.34. The zero-order valence-electron chi connectivity index (χ0n) is 30.4. The van der Waals surface area contributed by atoms with Crippen LogP contribution >= 0.6 is 11.6 Å². The van der Waals surface area contributed by atoms with E-state index in [0.29, 0.717) is 73.7 Å². The van der Waals surface area contributed by atoms with E-state index >= 15 is 8.78 Å². The predicted octanol–water partition coefficient (Wildman–Crippen LogP) is 3.97. The van der Waals surface area contributed by atoms with Gasteiger partial charge in [0.25, 0.3) is 17.7 Å². The molecular weight excluding hydrogens is 710 g/mol. The van der Waals surface area contributed by atoms with Crippen molar-refractivity contribution in [3.63, 3.8) is 0 Å². The highest BCUT2D eigenvalue weighted by atomic mass is 35.5. The number of aryl methyl sites for hydroxylation is 1. The lowest BCUT2D eigenvalue weighted by Crippen LogP contribution is -2.58. The fraction of sp³-hybridized carbons (Fsp3) is 0.432. The molecular formula is C37H44ClF2N8O5+. The minimum Gasteiger partial charge on any atom is -0.387 e. The molecule has 2 N–H and O–H groups in total. The second kappa shape index (κ2) is 15.3. The van der Waals surface area contributed by atoms with Crippen molar-refractivity contribution >= 4 is 35.0 Å². The fourth-order valence-corrected chi connectivity index (χ4v) is 7.53. The number of aliphatic hydroxyl groups excluding tert-OH is 1. The minimum atomic E-state index is -1.08. The number of methoxy groups -OCH3 is 1. The summed E-state index contributed by atoms with van der Waals surface area (Å²) in [6.45, 7) is 4.84. The topological polar surface area (TPSA) is 135 Å². The number of nitrogens with one attached hydrogen (secondary N) is 1. The van der Waals surface area contributed by atoms with Gasteiger partial charge in [-0.15, -0.1) is 0 Å². The van der Waals surface area contributed by atoms with Crippen molar-refractivity contribution < 1.29 is 37.5 Å². The number of carbonyl (C=O) groups is 3. The number of likely N-dealkylation sites (tertiary alicyclic amines) is 1. The number of imidazole rings is 1. The molecule has 3 amide bonds. The second-order valence-electron chi connectivity index (χ2n) is 14.2. The number of likely N-dealkylation sites (N-methyl/N-ethyl adjacent to an activating group) is 1. The van der Waals surface area contributed by atoms with Gasteiger partial charge in [0.1, 0.15) is 12.6 Å². The molecule has 0 spiro atoms. The first-order valence-corrected chi connectivity index (χ1v) is 17.8. The third kappa shape index (κ3) is 7.56. The lowest BCUT2D eigenvalue weighted by atomic mass is 10.0. The lowest BCUT2D eigenvalue weighted by Gasteiger charge is -2.38. The molecule has 6 rings (SSSR count). The van der Waals surface area contributed by atoms with Crippen LogP contribution < -0.4 is 5.32 Å². The Hall–Kier alpha value is -4.70. The van der Waals surface area contributed by atoms with Gasteiger partial charge in [0.05, 0.1) is 42.8 Å². The van der Waals surface area contributed by atoms with E-state index in [1.165, 1.54) is 48.3 Å². The largest absolute Gasteiger partial charge is 0.387 e.